The summed E-state index contributed by atoms with van der Waals surface area (Å²) < 4.78 is 16.8. The largest absolute Gasteiger partial charge is 0.462 e. The number of hydrogen-bond acceptors (Lipinski definition) is 6. The average Bonchev–Trinajstić information content (AvgIpc) is 3.46. The molecule has 0 aliphatic heterocycles. The van der Waals surface area contributed by atoms with E-state index in [2.05, 4.69) is 118 Å². The lowest BCUT2D eigenvalue weighted by Crippen LogP contribution is -2.30. The standard InChI is InChI=1S/C74H128O6/c1-4-7-10-13-16-18-20-22-24-26-28-30-32-33-34-35-36-37-38-39-40-41-43-44-46-48-50-52-54-56-58-61-64-67-73(76)79-70-71(69-78-72(75)66-63-60-15-12-9-6-3)80-74(77)68-65-62-59-57-55-53-51-49-47-45-42-31-29-27-25-23-21-19-17-14-11-8-5-2/h7,10,16,18,22,24,27-30,33-34,36-37,39-40,71H,4-6,8-9,11-15,17,19-21,23,25-26,31-32,35,38,41-70H2,1-3H3/b10-7-,18-16-,24-22-,29-27-,30-28-,34-33-,37-36-,40-39-. The number of esters is 3. The zero-order chi connectivity index (χ0) is 57.8. The van der Waals surface area contributed by atoms with E-state index in [4.69, 9.17) is 14.2 Å². The van der Waals surface area contributed by atoms with Crippen LogP contribution in [0.2, 0.25) is 0 Å². The van der Waals surface area contributed by atoms with E-state index in [1.807, 2.05) is 0 Å². The molecule has 0 amide bonds. The second-order valence-corrected chi connectivity index (χ2v) is 22.7. The van der Waals surface area contributed by atoms with Crippen LogP contribution in [0.5, 0.6) is 0 Å². The van der Waals surface area contributed by atoms with Gasteiger partial charge in [0, 0.05) is 19.3 Å². The van der Waals surface area contributed by atoms with Crippen LogP contribution >= 0.6 is 0 Å². The lowest BCUT2D eigenvalue weighted by atomic mass is 10.0. The first kappa shape index (κ1) is 76.3. The van der Waals surface area contributed by atoms with Crippen LogP contribution in [0, 0.1) is 0 Å². The SMILES string of the molecule is CC/C=C\C/C=C\C/C=C\C/C=C\C/C=C\C/C=C\C/C=C\CCCCCCCCCCCCCC(=O)OCC(COC(=O)CCCCCCCC)OC(=O)CCCCCCCCCCCCC/C=C\CCCCCCCCCC. The normalized spacial score (nSPS) is 12.7. The van der Waals surface area contributed by atoms with Crippen molar-refractivity contribution >= 4 is 17.9 Å². The zero-order valence-corrected chi connectivity index (χ0v) is 52.8. The summed E-state index contributed by atoms with van der Waals surface area (Å²) in [6.45, 7) is 6.50. The van der Waals surface area contributed by atoms with Gasteiger partial charge in [0.05, 0.1) is 0 Å². The van der Waals surface area contributed by atoms with Crippen LogP contribution in [0.3, 0.4) is 0 Å². The number of carbonyl (C=O) groups is 3. The minimum atomic E-state index is -0.776. The molecule has 0 aromatic carbocycles. The van der Waals surface area contributed by atoms with Gasteiger partial charge in [-0.05, 0) is 103 Å². The number of unbranched alkanes of at least 4 members (excludes halogenated alkanes) is 35. The lowest BCUT2D eigenvalue weighted by molar-refractivity contribution is -0.167. The molecule has 0 bridgehead atoms. The molecule has 0 rings (SSSR count). The third-order valence-electron chi connectivity index (χ3n) is 14.8. The Bertz CT molecular complexity index is 1560. The molecule has 1 atom stereocenters. The summed E-state index contributed by atoms with van der Waals surface area (Å²) in [5.74, 6) is -0.877. The fraction of sp³-hybridized carbons (Fsp3) is 0.743. The van der Waals surface area contributed by atoms with Crippen molar-refractivity contribution in [1.29, 1.82) is 0 Å². The highest BCUT2D eigenvalue weighted by atomic mass is 16.6. The predicted octanol–water partition coefficient (Wildman–Crippen LogP) is 23.6. The van der Waals surface area contributed by atoms with Crippen LogP contribution in [0.4, 0.5) is 0 Å². The summed E-state index contributed by atoms with van der Waals surface area (Å²) in [6, 6.07) is 0. The molecule has 0 aromatic heterocycles. The zero-order valence-electron chi connectivity index (χ0n) is 52.8. The fourth-order valence-electron chi connectivity index (χ4n) is 9.71. The van der Waals surface area contributed by atoms with Gasteiger partial charge in [0.2, 0.25) is 0 Å². The Balaban J connectivity index is 4.05. The summed E-state index contributed by atoms with van der Waals surface area (Å²) in [4.78, 5) is 38.1. The molecule has 0 fully saturated rings. The number of allylic oxidation sites excluding steroid dienone is 16. The molecule has 6 heteroatoms. The van der Waals surface area contributed by atoms with E-state index in [0.29, 0.717) is 19.3 Å². The van der Waals surface area contributed by atoms with Crippen molar-refractivity contribution in [3.8, 4) is 0 Å². The first-order chi connectivity index (χ1) is 39.5. The maximum Gasteiger partial charge on any atom is 0.306 e. The maximum absolute atomic E-state index is 12.9. The molecule has 0 aliphatic carbocycles. The van der Waals surface area contributed by atoms with Crippen molar-refractivity contribution < 1.29 is 28.6 Å². The monoisotopic (exact) mass is 1110 g/mol. The van der Waals surface area contributed by atoms with Crippen LogP contribution in [0.25, 0.3) is 0 Å². The van der Waals surface area contributed by atoms with E-state index in [-0.39, 0.29) is 31.1 Å². The molecule has 0 saturated carbocycles. The summed E-state index contributed by atoms with van der Waals surface area (Å²) >= 11 is 0. The molecule has 0 spiro atoms. The van der Waals surface area contributed by atoms with E-state index in [0.717, 1.165) is 103 Å². The van der Waals surface area contributed by atoms with Crippen LogP contribution in [0.1, 0.15) is 335 Å². The third-order valence-corrected chi connectivity index (χ3v) is 14.8. The van der Waals surface area contributed by atoms with Crippen molar-refractivity contribution in [2.75, 3.05) is 13.2 Å². The van der Waals surface area contributed by atoms with Gasteiger partial charge in [-0.2, -0.15) is 0 Å². The maximum atomic E-state index is 12.9. The van der Waals surface area contributed by atoms with Crippen molar-refractivity contribution in [1.82, 2.24) is 0 Å². The minimum absolute atomic E-state index is 0.0756. The Labute approximate surface area is 496 Å². The van der Waals surface area contributed by atoms with Crippen LogP contribution in [-0.2, 0) is 28.6 Å². The van der Waals surface area contributed by atoms with Crippen LogP contribution < -0.4 is 0 Å². The van der Waals surface area contributed by atoms with Gasteiger partial charge >= 0.3 is 17.9 Å². The lowest BCUT2D eigenvalue weighted by Gasteiger charge is -2.18. The quantitative estimate of drug-likeness (QED) is 0.0261. The van der Waals surface area contributed by atoms with Gasteiger partial charge in [0.15, 0.2) is 6.10 Å². The molecule has 0 aliphatic rings. The van der Waals surface area contributed by atoms with Gasteiger partial charge in [-0.3, -0.25) is 14.4 Å². The second kappa shape index (κ2) is 67.8. The van der Waals surface area contributed by atoms with Gasteiger partial charge in [0.1, 0.15) is 13.2 Å². The number of hydrogen-bond donors (Lipinski definition) is 0. The Kier molecular flexibility index (Phi) is 64.7. The average molecular weight is 1110 g/mol. The summed E-state index contributed by atoms with van der Waals surface area (Å²) in [7, 11) is 0. The van der Waals surface area contributed by atoms with Crippen molar-refractivity contribution in [3.05, 3.63) is 97.2 Å². The summed E-state index contributed by atoms with van der Waals surface area (Å²) in [5.41, 5.74) is 0. The fourth-order valence-corrected chi connectivity index (χ4v) is 9.71. The molecule has 80 heavy (non-hydrogen) atoms. The first-order valence-corrected chi connectivity index (χ1v) is 34.2. The molecule has 1 unspecified atom stereocenters. The predicted molar refractivity (Wildman–Crippen MR) is 348 cm³/mol. The number of ether oxygens (including phenoxy) is 3. The van der Waals surface area contributed by atoms with E-state index in [9.17, 15) is 14.4 Å². The minimum Gasteiger partial charge on any atom is -0.462 e. The van der Waals surface area contributed by atoms with Crippen molar-refractivity contribution in [2.45, 2.75) is 341 Å². The van der Waals surface area contributed by atoms with Crippen molar-refractivity contribution in [2.24, 2.45) is 0 Å². The highest BCUT2D eigenvalue weighted by Gasteiger charge is 2.19. The van der Waals surface area contributed by atoms with E-state index in [1.54, 1.807) is 0 Å². The van der Waals surface area contributed by atoms with E-state index in [1.165, 1.54) is 193 Å². The second-order valence-electron chi connectivity index (χ2n) is 22.7. The molecule has 0 heterocycles. The van der Waals surface area contributed by atoms with Gasteiger partial charge in [0.25, 0.3) is 0 Å². The smallest absolute Gasteiger partial charge is 0.306 e. The highest BCUT2D eigenvalue weighted by Crippen LogP contribution is 2.17. The molecule has 6 nitrogen and oxygen atoms in total. The summed E-state index contributed by atoms with van der Waals surface area (Å²) in [5, 5.41) is 0. The Hall–Kier alpha value is -3.67. The van der Waals surface area contributed by atoms with E-state index >= 15 is 0 Å². The Morgan fingerprint density at radius 2 is 0.487 bits per heavy atom. The molecule has 0 saturated heterocycles. The molecule has 0 radical (unpaired) electrons. The Morgan fingerprint density at radius 3 is 0.775 bits per heavy atom. The van der Waals surface area contributed by atoms with Crippen LogP contribution in [-0.4, -0.2) is 37.2 Å². The molecular weight excluding hydrogens is 985 g/mol. The number of carbonyl (C=O) groups excluding carboxylic acids is 3. The first-order valence-electron chi connectivity index (χ1n) is 34.2. The van der Waals surface area contributed by atoms with Crippen molar-refractivity contribution in [3.63, 3.8) is 0 Å². The van der Waals surface area contributed by atoms with Gasteiger partial charge in [-0.25, -0.2) is 0 Å². The molecule has 0 aromatic rings. The molecule has 0 N–H and O–H groups in total. The van der Waals surface area contributed by atoms with Gasteiger partial charge < -0.3 is 14.2 Å². The highest BCUT2D eigenvalue weighted by molar-refractivity contribution is 5.71. The van der Waals surface area contributed by atoms with Gasteiger partial charge in [-0.15, -0.1) is 0 Å². The topological polar surface area (TPSA) is 78.9 Å². The molecular formula is C74H128O6. The molecule has 460 valence electrons. The third kappa shape index (κ3) is 65.1. The number of rotatable bonds is 62. The van der Waals surface area contributed by atoms with E-state index < -0.39 is 6.10 Å². The van der Waals surface area contributed by atoms with Crippen LogP contribution in [0.15, 0.2) is 97.2 Å². The Morgan fingerprint density at radius 1 is 0.263 bits per heavy atom. The van der Waals surface area contributed by atoms with Gasteiger partial charge in [-0.1, -0.05) is 311 Å². The summed E-state index contributed by atoms with van der Waals surface area (Å²) in [6.07, 6.45) is 91.8.